The number of phenols is 1. The lowest BCUT2D eigenvalue weighted by Crippen LogP contribution is -3.00. The molecule has 30 heavy (non-hydrogen) atoms. The minimum Gasteiger partial charge on any atom is -1.00 e. The first-order valence-electron chi connectivity index (χ1n) is 9.58. The fraction of sp³-hybridized carbons (Fsp3) is 0. The second-order valence-electron chi connectivity index (χ2n) is 6.71. The lowest BCUT2D eigenvalue weighted by molar-refractivity contribution is -0.00000651. The molecule has 0 radical (unpaired) electrons. The Kier molecular flexibility index (Phi) is 7.30. The van der Waals surface area contributed by atoms with E-state index in [1.54, 1.807) is 6.07 Å². The smallest absolute Gasteiger partial charge is 0.139 e. The average molecular weight is 432 g/mol. The second-order valence-corrected chi connectivity index (χ2v) is 10.00. The molecule has 0 atom stereocenters. The van der Waals surface area contributed by atoms with Crippen molar-refractivity contribution in [3.8, 4) is 5.75 Å². The summed E-state index contributed by atoms with van der Waals surface area (Å²) >= 11 is 0. The largest absolute Gasteiger partial charge is 1.00 e. The number of nitrogens with one attached hydrogen (secondary N) is 1. The average Bonchev–Trinajstić information content (AvgIpc) is 2.80. The Morgan fingerprint density at radius 2 is 0.967 bits per heavy atom. The van der Waals surface area contributed by atoms with Gasteiger partial charge in [0.05, 0.1) is 11.5 Å². The third-order valence-electron chi connectivity index (χ3n) is 4.93. The summed E-state index contributed by atoms with van der Waals surface area (Å²) in [6, 6.07) is 39.3. The maximum atomic E-state index is 10.1. The topological polar surface area (TPSA) is 32.3 Å². The predicted molar refractivity (Wildman–Crippen MR) is 126 cm³/mol. The van der Waals surface area contributed by atoms with Crippen LogP contribution >= 0.6 is 7.26 Å². The summed E-state index contributed by atoms with van der Waals surface area (Å²) in [5, 5.41) is 17.2. The van der Waals surface area contributed by atoms with Gasteiger partial charge < -0.3 is 22.8 Å². The molecule has 0 aromatic heterocycles. The molecule has 2 nitrogen and oxygen atoms in total. The minimum absolute atomic E-state index is 0. The summed E-state index contributed by atoms with van der Waals surface area (Å²) < 4.78 is 0. The van der Waals surface area contributed by atoms with E-state index in [1.807, 2.05) is 24.4 Å². The van der Waals surface area contributed by atoms with E-state index >= 15 is 0 Å². The van der Waals surface area contributed by atoms with Crippen molar-refractivity contribution >= 4 is 28.9 Å². The van der Waals surface area contributed by atoms with Crippen LogP contribution in [0, 0.1) is 0 Å². The van der Waals surface area contributed by atoms with Crippen LogP contribution in [-0.4, -0.2) is 5.11 Å². The fourth-order valence-corrected chi connectivity index (χ4v) is 7.17. The lowest BCUT2D eigenvalue weighted by atomic mass is 10.3. The number of benzene rings is 4. The normalized spacial score (nSPS) is 11.1. The van der Waals surface area contributed by atoms with E-state index in [9.17, 15) is 5.11 Å². The summed E-state index contributed by atoms with van der Waals surface area (Å²) in [5.74, 6) is 2.51. The van der Waals surface area contributed by atoms with Crippen molar-refractivity contribution in [2.75, 3.05) is 5.32 Å². The Hall–Kier alpha value is -3.06. The zero-order valence-corrected chi connectivity index (χ0v) is 18.0. The number of rotatable bonds is 6. The van der Waals surface area contributed by atoms with E-state index in [0.717, 1.165) is 0 Å². The van der Waals surface area contributed by atoms with Gasteiger partial charge in [0, 0.05) is 6.20 Å². The molecule has 4 aromatic rings. The van der Waals surface area contributed by atoms with E-state index in [0.29, 0.717) is 5.69 Å². The number of hydrogen-bond acceptors (Lipinski definition) is 2. The zero-order valence-electron chi connectivity index (χ0n) is 16.4. The first kappa shape index (κ1) is 21.6. The Labute approximate surface area is 184 Å². The van der Waals surface area contributed by atoms with E-state index in [4.69, 9.17) is 0 Å². The van der Waals surface area contributed by atoms with Crippen LogP contribution in [0.1, 0.15) is 0 Å². The first-order valence-corrected chi connectivity index (χ1v) is 11.4. The Morgan fingerprint density at radius 3 is 1.40 bits per heavy atom. The van der Waals surface area contributed by atoms with Gasteiger partial charge in [-0.05, 0) is 48.5 Å². The van der Waals surface area contributed by atoms with Gasteiger partial charge >= 0.3 is 0 Å². The molecular weight excluding hydrogens is 409 g/mol. The highest BCUT2D eigenvalue weighted by Crippen LogP contribution is 2.56. The predicted octanol–water partition coefficient (Wildman–Crippen LogP) is 2.27. The van der Waals surface area contributed by atoms with Crippen LogP contribution in [0.2, 0.25) is 0 Å². The number of halogens is 1. The SMILES string of the molecule is Oc1ccccc1N/C=C/[P+](c1ccccc1)(c1ccccc1)c1ccccc1.[Cl-]. The molecule has 4 heteroatoms. The molecule has 4 aromatic carbocycles. The second kappa shape index (κ2) is 10.1. The van der Waals surface area contributed by atoms with E-state index in [2.05, 4.69) is 102 Å². The first-order chi connectivity index (χ1) is 14.3. The van der Waals surface area contributed by atoms with Gasteiger partial charge in [-0.15, -0.1) is 0 Å². The molecule has 0 saturated carbocycles. The summed E-state index contributed by atoms with van der Waals surface area (Å²) in [4.78, 5) is 0. The van der Waals surface area contributed by atoms with Crippen molar-refractivity contribution in [3.05, 3.63) is 127 Å². The molecule has 0 saturated heterocycles. The number of aromatic hydroxyl groups is 1. The summed E-state index contributed by atoms with van der Waals surface area (Å²) in [6.07, 6.45) is 1.97. The van der Waals surface area contributed by atoms with Crippen LogP contribution in [0.4, 0.5) is 5.69 Å². The molecule has 0 bridgehead atoms. The van der Waals surface area contributed by atoms with Gasteiger partial charge in [-0.2, -0.15) is 0 Å². The van der Waals surface area contributed by atoms with Gasteiger partial charge in [0.2, 0.25) is 0 Å². The molecule has 2 N–H and O–H groups in total. The van der Waals surface area contributed by atoms with Crippen molar-refractivity contribution in [2.45, 2.75) is 0 Å². The summed E-state index contributed by atoms with van der Waals surface area (Å²) in [7, 11) is -2.03. The summed E-state index contributed by atoms with van der Waals surface area (Å²) in [5.41, 5.74) is 0.691. The molecule has 0 unspecified atom stereocenters. The highest BCUT2D eigenvalue weighted by molar-refractivity contribution is 7.98. The monoisotopic (exact) mass is 431 g/mol. The third-order valence-corrected chi connectivity index (χ3v) is 8.87. The van der Waals surface area contributed by atoms with Crippen molar-refractivity contribution in [3.63, 3.8) is 0 Å². The zero-order chi connectivity index (χ0) is 19.9. The van der Waals surface area contributed by atoms with Gasteiger partial charge in [0.15, 0.2) is 0 Å². The van der Waals surface area contributed by atoms with E-state index in [1.165, 1.54) is 15.9 Å². The van der Waals surface area contributed by atoms with Crippen LogP contribution in [0.25, 0.3) is 0 Å². The maximum Gasteiger partial charge on any atom is 0.139 e. The number of para-hydroxylation sites is 2. The Bertz CT molecular complexity index is 989. The maximum absolute atomic E-state index is 10.1. The fourth-order valence-electron chi connectivity index (χ4n) is 3.53. The molecule has 0 spiro atoms. The van der Waals surface area contributed by atoms with Crippen molar-refractivity contribution in [1.82, 2.24) is 0 Å². The van der Waals surface area contributed by atoms with Crippen molar-refractivity contribution in [1.29, 1.82) is 0 Å². The number of anilines is 1. The highest BCUT2D eigenvalue weighted by Gasteiger charge is 2.43. The van der Waals surface area contributed by atoms with Crippen LogP contribution in [0.5, 0.6) is 5.75 Å². The molecule has 0 heterocycles. The molecule has 0 aliphatic rings. The molecular formula is C26H23ClNOP. The Morgan fingerprint density at radius 1 is 0.567 bits per heavy atom. The third kappa shape index (κ3) is 4.41. The van der Waals surface area contributed by atoms with Crippen LogP contribution in [-0.2, 0) is 0 Å². The molecule has 0 fully saturated rings. The van der Waals surface area contributed by atoms with Gasteiger partial charge in [-0.1, -0.05) is 66.7 Å². The molecule has 4 rings (SSSR count). The van der Waals surface area contributed by atoms with Gasteiger partial charge in [0.25, 0.3) is 0 Å². The van der Waals surface area contributed by atoms with Crippen molar-refractivity contribution < 1.29 is 17.5 Å². The minimum atomic E-state index is -2.03. The van der Waals surface area contributed by atoms with Gasteiger partial charge in [-0.25, -0.2) is 0 Å². The Balaban J connectivity index is 0.00000256. The molecule has 150 valence electrons. The number of hydrogen-bond donors (Lipinski definition) is 2. The van der Waals surface area contributed by atoms with Gasteiger partial charge in [-0.3, -0.25) is 0 Å². The molecule has 0 aliphatic carbocycles. The molecule has 0 aliphatic heterocycles. The van der Waals surface area contributed by atoms with Crippen LogP contribution < -0.4 is 33.6 Å². The van der Waals surface area contributed by atoms with E-state index in [-0.39, 0.29) is 18.2 Å². The van der Waals surface area contributed by atoms with Crippen molar-refractivity contribution in [2.24, 2.45) is 0 Å². The van der Waals surface area contributed by atoms with E-state index < -0.39 is 7.26 Å². The highest BCUT2D eigenvalue weighted by atomic mass is 35.5. The quantitative estimate of drug-likeness (QED) is 0.362. The van der Waals surface area contributed by atoms with Crippen LogP contribution in [0.3, 0.4) is 0 Å². The summed E-state index contributed by atoms with van der Waals surface area (Å²) in [6.45, 7) is 0. The standard InChI is InChI=1S/C26H22NOP.ClH/c28-26-19-11-10-18-25(26)27-20-21-29(22-12-4-1-5-13-22,23-14-6-2-7-15-23)24-16-8-3-9-17-24;/h1-21,27H;1H/b21-20+;. The lowest BCUT2D eigenvalue weighted by Gasteiger charge is -2.24. The van der Waals surface area contributed by atoms with Crippen LogP contribution in [0.15, 0.2) is 127 Å². The number of phenolic OH excluding ortho intramolecular Hbond substituents is 1. The van der Waals surface area contributed by atoms with Gasteiger partial charge in [0.1, 0.15) is 28.9 Å². The molecule has 0 amide bonds.